The van der Waals surface area contributed by atoms with E-state index >= 15 is 0 Å². The Morgan fingerprint density at radius 2 is 2.08 bits per heavy atom. The maximum absolute atomic E-state index is 12.5. The summed E-state index contributed by atoms with van der Waals surface area (Å²) in [6.45, 7) is 1.65. The Hall–Kier alpha value is -2.02. The average Bonchev–Trinajstić information content (AvgIpc) is 3.14. The highest BCUT2D eigenvalue weighted by Gasteiger charge is 2.17. The molecule has 1 saturated heterocycles. The van der Waals surface area contributed by atoms with Crippen LogP contribution in [0.2, 0.25) is 0 Å². The van der Waals surface area contributed by atoms with E-state index in [1.807, 2.05) is 24.3 Å². The Bertz CT molecular complexity index is 709. The van der Waals surface area contributed by atoms with Gasteiger partial charge in [-0.15, -0.1) is 24.8 Å². The largest absolute Gasteiger partial charge is 0.495 e. The summed E-state index contributed by atoms with van der Waals surface area (Å²) in [5.74, 6) is 1.08. The second kappa shape index (κ2) is 10.9. The number of amides is 1. The quantitative estimate of drug-likeness (QED) is 0.696. The molecular formula is C18H24Cl2N4O2. The van der Waals surface area contributed by atoms with E-state index < -0.39 is 0 Å². The van der Waals surface area contributed by atoms with Crippen molar-refractivity contribution in [2.45, 2.75) is 18.9 Å². The van der Waals surface area contributed by atoms with Gasteiger partial charge in [0.15, 0.2) is 0 Å². The van der Waals surface area contributed by atoms with Crippen molar-refractivity contribution in [1.82, 2.24) is 15.6 Å². The highest BCUT2D eigenvalue weighted by atomic mass is 35.5. The van der Waals surface area contributed by atoms with Crippen LogP contribution in [0.5, 0.6) is 5.75 Å². The minimum absolute atomic E-state index is 0. The Kier molecular flexibility index (Phi) is 9.19. The van der Waals surface area contributed by atoms with Gasteiger partial charge >= 0.3 is 0 Å². The Labute approximate surface area is 165 Å². The number of pyridine rings is 1. The fourth-order valence-electron chi connectivity index (χ4n) is 2.81. The molecule has 1 aromatic heterocycles. The molecule has 1 aromatic carbocycles. The number of nitrogens with one attached hydrogen (secondary N) is 3. The number of benzene rings is 1. The molecule has 6 nitrogen and oxygen atoms in total. The summed E-state index contributed by atoms with van der Waals surface area (Å²) in [5, 5.41) is 9.54. The topological polar surface area (TPSA) is 75.3 Å². The molecule has 142 valence electrons. The molecule has 2 heterocycles. The molecule has 1 fully saturated rings. The number of rotatable bonds is 6. The first-order valence-corrected chi connectivity index (χ1v) is 8.14. The molecule has 26 heavy (non-hydrogen) atoms. The zero-order valence-electron chi connectivity index (χ0n) is 14.5. The molecule has 8 heteroatoms. The van der Waals surface area contributed by atoms with Crippen LogP contribution in [0.4, 0.5) is 11.5 Å². The molecule has 2 aromatic rings. The normalized spacial score (nSPS) is 15.3. The first-order chi connectivity index (χ1) is 11.8. The zero-order valence-corrected chi connectivity index (χ0v) is 16.2. The van der Waals surface area contributed by atoms with Gasteiger partial charge in [-0.3, -0.25) is 4.79 Å². The predicted octanol–water partition coefficient (Wildman–Crippen LogP) is 3.16. The number of nitrogens with zero attached hydrogens (tertiary/aromatic N) is 1. The number of methoxy groups -OCH3 is 1. The van der Waals surface area contributed by atoms with Crippen molar-refractivity contribution >= 4 is 42.2 Å². The number of halogens is 2. The van der Waals surface area contributed by atoms with Crippen LogP contribution in [0.3, 0.4) is 0 Å². The van der Waals surface area contributed by atoms with Crippen molar-refractivity contribution in [1.29, 1.82) is 0 Å². The number of aromatic nitrogens is 1. The van der Waals surface area contributed by atoms with Crippen molar-refractivity contribution in [3.8, 4) is 5.75 Å². The van der Waals surface area contributed by atoms with Gasteiger partial charge in [0.1, 0.15) is 11.6 Å². The Balaban J connectivity index is 0.00000169. The van der Waals surface area contributed by atoms with Crippen LogP contribution < -0.4 is 20.7 Å². The molecular weight excluding hydrogens is 375 g/mol. The van der Waals surface area contributed by atoms with E-state index in [1.165, 1.54) is 0 Å². The second-order valence-corrected chi connectivity index (χ2v) is 5.73. The van der Waals surface area contributed by atoms with Crippen LogP contribution in [-0.4, -0.2) is 37.1 Å². The summed E-state index contributed by atoms with van der Waals surface area (Å²) >= 11 is 0. The number of anilines is 2. The van der Waals surface area contributed by atoms with E-state index in [9.17, 15) is 4.79 Å². The number of hydrogen-bond acceptors (Lipinski definition) is 5. The third-order valence-corrected chi connectivity index (χ3v) is 4.08. The number of para-hydroxylation sites is 2. The summed E-state index contributed by atoms with van der Waals surface area (Å²) < 4.78 is 5.33. The van der Waals surface area contributed by atoms with Gasteiger partial charge in [-0.05, 0) is 43.7 Å². The van der Waals surface area contributed by atoms with Crippen LogP contribution >= 0.6 is 24.8 Å². The van der Waals surface area contributed by atoms with E-state index in [1.54, 1.807) is 25.4 Å². The fourth-order valence-corrected chi connectivity index (χ4v) is 2.81. The lowest BCUT2D eigenvalue weighted by Crippen LogP contribution is -2.37. The maximum atomic E-state index is 12.5. The standard InChI is InChI=1S/C18H22N4O2.2ClH/c1-24-16-9-3-2-8-15(16)22-17-14(7-5-11-20-17)18(23)21-12-13-6-4-10-19-13;;/h2-3,5,7-9,11,13,19H,4,6,10,12H2,1H3,(H,20,22)(H,21,23);2*1H. The minimum atomic E-state index is -0.130. The van der Waals surface area contributed by atoms with E-state index in [4.69, 9.17) is 4.74 Å². The van der Waals surface area contributed by atoms with Crippen LogP contribution in [0.25, 0.3) is 0 Å². The van der Waals surface area contributed by atoms with Gasteiger partial charge in [0.25, 0.3) is 5.91 Å². The van der Waals surface area contributed by atoms with E-state index in [-0.39, 0.29) is 30.7 Å². The van der Waals surface area contributed by atoms with Crippen molar-refractivity contribution in [2.75, 3.05) is 25.5 Å². The average molecular weight is 399 g/mol. The first-order valence-electron chi connectivity index (χ1n) is 8.14. The number of carbonyl (C=O) groups excluding carboxylic acids is 1. The first kappa shape index (κ1) is 22.0. The monoisotopic (exact) mass is 398 g/mol. The number of hydrogen-bond donors (Lipinski definition) is 3. The van der Waals surface area contributed by atoms with Crippen LogP contribution in [0, 0.1) is 0 Å². The molecule has 0 spiro atoms. The predicted molar refractivity (Wildman–Crippen MR) is 108 cm³/mol. The van der Waals surface area contributed by atoms with Gasteiger partial charge in [0.05, 0.1) is 18.4 Å². The lowest BCUT2D eigenvalue weighted by Gasteiger charge is -2.15. The lowest BCUT2D eigenvalue weighted by molar-refractivity contribution is 0.0951. The molecule has 3 N–H and O–H groups in total. The molecule has 1 unspecified atom stereocenters. The molecule has 1 atom stereocenters. The second-order valence-electron chi connectivity index (χ2n) is 5.73. The van der Waals surface area contributed by atoms with Gasteiger partial charge in [0.2, 0.25) is 0 Å². The molecule has 1 aliphatic rings. The van der Waals surface area contributed by atoms with Crippen molar-refractivity contribution in [3.05, 3.63) is 48.2 Å². The number of ether oxygens (including phenoxy) is 1. The lowest BCUT2D eigenvalue weighted by atomic mass is 10.2. The highest BCUT2D eigenvalue weighted by Crippen LogP contribution is 2.27. The molecule has 0 saturated carbocycles. The summed E-state index contributed by atoms with van der Waals surface area (Å²) in [6.07, 6.45) is 3.92. The van der Waals surface area contributed by atoms with E-state index in [2.05, 4.69) is 20.9 Å². The summed E-state index contributed by atoms with van der Waals surface area (Å²) in [4.78, 5) is 16.8. The smallest absolute Gasteiger partial charge is 0.255 e. The summed E-state index contributed by atoms with van der Waals surface area (Å²) in [7, 11) is 1.61. The third-order valence-electron chi connectivity index (χ3n) is 4.08. The summed E-state index contributed by atoms with van der Waals surface area (Å²) in [6, 6.07) is 11.4. The highest BCUT2D eigenvalue weighted by molar-refractivity contribution is 5.99. The Morgan fingerprint density at radius 3 is 2.81 bits per heavy atom. The minimum Gasteiger partial charge on any atom is -0.495 e. The van der Waals surface area contributed by atoms with E-state index in [0.717, 1.165) is 25.1 Å². The molecule has 1 amide bonds. The Morgan fingerprint density at radius 1 is 1.27 bits per heavy atom. The molecule has 1 aliphatic heterocycles. The molecule has 0 radical (unpaired) electrons. The van der Waals surface area contributed by atoms with Gasteiger partial charge < -0.3 is 20.7 Å². The van der Waals surface area contributed by atoms with Gasteiger partial charge in [-0.1, -0.05) is 12.1 Å². The fraction of sp³-hybridized carbons (Fsp3) is 0.333. The van der Waals surface area contributed by atoms with E-state index in [0.29, 0.717) is 29.7 Å². The van der Waals surface area contributed by atoms with Gasteiger partial charge in [0, 0.05) is 18.8 Å². The SMILES string of the molecule is COc1ccccc1Nc1ncccc1C(=O)NCC1CCCN1.Cl.Cl. The van der Waals surface area contributed by atoms with Crippen molar-refractivity contribution in [3.63, 3.8) is 0 Å². The maximum Gasteiger partial charge on any atom is 0.255 e. The zero-order chi connectivity index (χ0) is 16.8. The number of carbonyl (C=O) groups is 1. The molecule has 3 rings (SSSR count). The molecule has 0 aliphatic carbocycles. The van der Waals surface area contributed by atoms with Gasteiger partial charge in [-0.25, -0.2) is 4.98 Å². The summed E-state index contributed by atoms with van der Waals surface area (Å²) in [5.41, 5.74) is 1.28. The molecule has 0 bridgehead atoms. The van der Waals surface area contributed by atoms with Crippen LogP contribution in [0.15, 0.2) is 42.6 Å². The van der Waals surface area contributed by atoms with Crippen molar-refractivity contribution < 1.29 is 9.53 Å². The third kappa shape index (κ3) is 5.49. The van der Waals surface area contributed by atoms with Crippen LogP contribution in [0.1, 0.15) is 23.2 Å². The van der Waals surface area contributed by atoms with Gasteiger partial charge in [-0.2, -0.15) is 0 Å². The van der Waals surface area contributed by atoms with Crippen LogP contribution in [-0.2, 0) is 0 Å². The van der Waals surface area contributed by atoms with Crippen molar-refractivity contribution in [2.24, 2.45) is 0 Å².